The zero-order valence-corrected chi connectivity index (χ0v) is 15.6. The minimum atomic E-state index is 0.0310. The van der Waals surface area contributed by atoms with Crippen LogP contribution in [0.2, 0.25) is 0 Å². The summed E-state index contributed by atoms with van der Waals surface area (Å²) < 4.78 is 3.94. The van der Waals surface area contributed by atoms with Crippen molar-refractivity contribution in [2.45, 2.75) is 38.6 Å². The summed E-state index contributed by atoms with van der Waals surface area (Å²) in [4.78, 5) is 23.6. The van der Waals surface area contributed by atoms with E-state index in [0.29, 0.717) is 23.3 Å². The van der Waals surface area contributed by atoms with Crippen LogP contribution < -0.4 is 0 Å². The molecule has 27 heavy (non-hydrogen) atoms. The maximum Gasteiger partial charge on any atom is 0.255 e. The zero-order chi connectivity index (χ0) is 18.8. The Morgan fingerprint density at radius 3 is 2.48 bits per heavy atom. The lowest BCUT2D eigenvalue weighted by Crippen LogP contribution is -2.38. The van der Waals surface area contributed by atoms with Gasteiger partial charge in [0.2, 0.25) is 0 Å². The van der Waals surface area contributed by atoms with Crippen LogP contribution in [0.1, 0.15) is 54.8 Å². The third-order valence-electron chi connectivity index (χ3n) is 5.08. The van der Waals surface area contributed by atoms with Gasteiger partial charge in [-0.1, -0.05) is 0 Å². The molecule has 8 nitrogen and oxygen atoms in total. The van der Waals surface area contributed by atoms with E-state index in [-0.39, 0.29) is 5.91 Å². The third kappa shape index (κ3) is 3.47. The Morgan fingerprint density at radius 1 is 1.11 bits per heavy atom. The highest BCUT2D eigenvalue weighted by molar-refractivity contribution is 5.94. The van der Waals surface area contributed by atoms with E-state index >= 15 is 0 Å². The number of hydrogen-bond acceptors (Lipinski definition) is 5. The van der Waals surface area contributed by atoms with E-state index in [0.717, 1.165) is 31.8 Å². The number of amides is 1. The molecule has 8 heteroatoms. The third-order valence-corrected chi connectivity index (χ3v) is 5.08. The minimum Gasteiger partial charge on any atom is -0.339 e. The first-order chi connectivity index (χ1) is 13.1. The van der Waals surface area contributed by atoms with Gasteiger partial charge in [0.15, 0.2) is 0 Å². The Balaban J connectivity index is 1.40. The molecule has 0 atom stereocenters. The van der Waals surface area contributed by atoms with Gasteiger partial charge in [0.25, 0.3) is 5.91 Å². The van der Waals surface area contributed by atoms with Crippen molar-refractivity contribution in [2.24, 2.45) is 0 Å². The molecule has 0 aliphatic carbocycles. The molecule has 0 bridgehead atoms. The second-order valence-electron chi connectivity index (χ2n) is 7.13. The number of likely N-dealkylation sites (tertiary alicyclic amines) is 1. The lowest BCUT2D eigenvalue weighted by atomic mass is 9.95. The molecule has 4 rings (SSSR count). The predicted molar refractivity (Wildman–Crippen MR) is 99.6 cm³/mol. The van der Waals surface area contributed by atoms with Gasteiger partial charge in [0.1, 0.15) is 24.3 Å². The molecule has 4 heterocycles. The van der Waals surface area contributed by atoms with Crippen LogP contribution in [0.4, 0.5) is 0 Å². The molecule has 1 aliphatic heterocycles. The zero-order valence-electron chi connectivity index (χ0n) is 15.6. The first-order valence-electron chi connectivity index (χ1n) is 9.26. The lowest BCUT2D eigenvalue weighted by molar-refractivity contribution is 0.0709. The first-order valence-corrected chi connectivity index (χ1v) is 9.26. The summed E-state index contributed by atoms with van der Waals surface area (Å²) in [5.41, 5.74) is 0.606. The fraction of sp³-hybridized carbons (Fsp3) is 0.421. The standard InChI is InChI=1S/C19H23N7O/c1-14(2)26-10-7-20-18(26)15-5-8-24(9-6-15)19(27)16-3-4-17(21-11-16)25-12-22-23-13-25/h3-4,7,10-15H,5-6,8-9H2,1-2H3. The molecule has 0 spiro atoms. The van der Waals surface area contributed by atoms with E-state index in [1.54, 1.807) is 23.4 Å². The summed E-state index contributed by atoms with van der Waals surface area (Å²) >= 11 is 0. The van der Waals surface area contributed by atoms with Crippen LogP contribution in [0.3, 0.4) is 0 Å². The topological polar surface area (TPSA) is 81.7 Å². The predicted octanol–water partition coefficient (Wildman–Crippen LogP) is 2.46. The van der Waals surface area contributed by atoms with Gasteiger partial charge in [0.05, 0.1) is 5.56 Å². The van der Waals surface area contributed by atoms with Crippen LogP contribution >= 0.6 is 0 Å². The molecular formula is C19H23N7O. The van der Waals surface area contributed by atoms with Crippen molar-refractivity contribution < 1.29 is 4.79 Å². The highest BCUT2D eigenvalue weighted by Gasteiger charge is 2.27. The van der Waals surface area contributed by atoms with Crippen molar-refractivity contribution in [3.8, 4) is 5.82 Å². The van der Waals surface area contributed by atoms with Gasteiger partial charge in [-0.3, -0.25) is 9.36 Å². The highest BCUT2D eigenvalue weighted by Crippen LogP contribution is 2.29. The average Bonchev–Trinajstić information content (AvgIpc) is 3.40. The van der Waals surface area contributed by atoms with Crippen LogP contribution in [-0.4, -0.2) is 53.2 Å². The lowest BCUT2D eigenvalue weighted by Gasteiger charge is -2.32. The number of hydrogen-bond donors (Lipinski definition) is 0. The summed E-state index contributed by atoms with van der Waals surface area (Å²) in [6.07, 6.45) is 10.6. The molecule has 0 unspecified atom stereocenters. The van der Waals surface area contributed by atoms with Crippen LogP contribution in [0.5, 0.6) is 0 Å². The Hall–Kier alpha value is -3.03. The van der Waals surface area contributed by atoms with Crippen molar-refractivity contribution in [2.75, 3.05) is 13.1 Å². The molecule has 1 saturated heterocycles. The van der Waals surface area contributed by atoms with Crippen LogP contribution in [0.15, 0.2) is 43.4 Å². The van der Waals surface area contributed by atoms with Gasteiger partial charge >= 0.3 is 0 Å². The average molecular weight is 365 g/mol. The molecule has 1 fully saturated rings. The van der Waals surface area contributed by atoms with Gasteiger partial charge in [-0.15, -0.1) is 10.2 Å². The maximum atomic E-state index is 12.8. The van der Waals surface area contributed by atoms with Crippen molar-refractivity contribution in [3.63, 3.8) is 0 Å². The summed E-state index contributed by atoms with van der Waals surface area (Å²) in [5, 5.41) is 7.53. The van der Waals surface area contributed by atoms with Crippen LogP contribution in [0.25, 0.3) is 5.82 Å². The van der Waals surface area contributed by atoms with Gasteiger partial charge < -0.3 is 9.47 Å². The van der Waals surface area contributed by atoms with Gasteiger partial charge in [-0.2, -0.15) is 0 Å². The monoisotopic (exact) mass is 365 g/mol. The van der Waals surface area contributed by atoms with E-state index < -0.39 is 0 Å². The second-order valence-corrected chi connectivity index (χ2v) is 7.13. The van der Waals surface area contributed by atoms with E-state index in [9.17, 15) is 4.79 Å². The van der Waals surface area contributed by atoms with Crippen molar-refractivity contribution in [3.05, 3.63) is 54.8 Å². The first kappa shape index (κ1) is 17.4. The second kappa shape index (κ2) is 7.30. The fourth-order valence-electron chi connectivity index (χ4n) is 3.59. The molecule has 0 N–H and O–H groups in total. The van der Waals surface area contributed by atoms with Crippen molar-refractivity contribution in [1.82, 2.24) is 34.2 Å². The number of carbonyl (C=O) groups excluding carboxylic acids is 1. The molecule has 0 radical (unpaired) electrons. The number of pyridine rings is 1. The summed E-state index contributed by atoms with van der Waals surface area (Å²) in [6.45, 7) is 5.81. The molecule has 0 saturated carbocycles. The number of rotatable bonds is 4. The van der Waals surface area contributed by atoms with E-state index in [2.05, 4.69) is 38.6 Å². The Labute approximate surface area is 157 Å². The van der Waals surface area contributed by atoms with E-state index in [4.69, 9.17) is 0 Å². The molecule has 0 aromatic carbocycles. The van der Waals surface area contributed by atoms with E-state index in [1.165, 1.54) is 0 Å². The summed E-state index contributed by atoms with van der Waals surface area (Å²) in [5.74, 6) is 2.26. The number of nitrogens with zero attached hydrogens (tertiary/aromatic N) is 7. The van der Waals surface area contributed by atoms with Crippen LogP contribution in [0, 0.1) is 0 Å². The number of carbonyl (C=O) groups is 1. The van der Waals surface area contributed by atoms with Crippen molar-refractivity contribution >= 4 is 5.91 Å². The highest BCUT2D eigenvalue weighted by atomic mass is 16.2. The SMILES string of the molecule is CC(C)n1ccnc1C1CCN(C(=O)c2ccc(-n3cnnc3)nc2)CC1. The Bertz CT molecular complexity index is 891. The quantitative estimate of drug-likeness (QED) is 0.709. The van der Waals surface area contributed by atoms with Crippen LogP contribution in [-0.2, 0) is 0 Å². The van der Waals surface area contributed by atoms with Gasteiger partial charge in [-0.05, 0) is 38.8 Å². The summed E-state index contributed by atoms with van der Waals surface area (Å²) in [7, 11) is 0. The Morgan fingerprint density at radius 2 is 1.85 bits per heavy atom. The number of imidazole rings is 1. The van der Waals surface area contributed by atoms with Gasteiger partial charge in [-0.25, -0.2) is 9.97 Å². The maximum absolute atomic E-state index is 12.8. The molecule has 3 aromatic rings. The van der Waals surface area contributed by atoms with E-state index in [1.807, 2.05) is 29.4 Å². The van der Waals surface area contributed by atoms with Gasteiger partial charge in [0, 0.05) is 43.6 Å². The smallest absolute Gasteiger partial charge is 0.255 e. The number of aromatic nitrogens is 6. The molecule has 3 aromatic heterocycles. The normalized spacial score (nSPS) is 15.4. The molecule has 1 amide bonds. The Kier molecular flexibility index (Phi) is 4.70. The molecule has 1 aliphatic rings. The molecule has 140 valence electrons. The fourth-order valence-corrected chi connectivity index (χ4v) is 3.59. The van der Waals surface area contributed by atoms with Crippen molar-refractivity contribution in [1.29, 1.82) is 0 Å². The molecular weight excluding hydrogens is 342 g/mol. The minimum absolute atomic E-state index is 0.0310. The largest absolute Gasteiger partial charge is 0.339 e. The summed E-state index contributed by atoms with van der Waals surface area (Å²) in [6, 6.07) is 4.02. The number of piperidine rings is 1.